The van der Waals surface area contributed by atoms with Crippen molar-refractivity contribution in [2.45, 2.75) is 58.4 Å². The van der Waals surface area contributed by atoms with E-state index in [2.05, 4.69) is 29.5 Å². The van der Waals surface area contributed by atoms with Crippen LogP contribution in [0.15, 0.2) is 12.3 Å². The maximum Gasteiger partial charge on any atom is 0.160 e. The van der Waals surface area contributed by atoms with Crippen molar-refractivity contribution in [1.82, 2.24) is 14.5 Å². The van der Waals surface area contributed by atoms with E-state index in [9.17, 15) is 0 Å². The van der Waals surface area contributed by atoms with Crippen molar-refractivity contribution in [3.8, 4) is 0 Å². The zero-order valence-electron chi connectivity index (χ0n) is 13.0. The number of halogens is 1. The monoisotopic (exact) mass is 305 g/mol. The third-order valence-corrected chi connectivity index (χ3v) is 5.01. The van der Waals surface area contributed by atoms with Crippen molar-refractivity contribution in [2.75, 3.05) is 5.88 Å². The summed E-state index contributed by atoms with van der Waals surface area (Å²) >= 11 is 5.98. The van der Waals surface area contributed by atoms with Gasteiger partial charge in [0.15, 0.2) is 5.65 Å². The summed E-state index contributed by atoms with van der Waals surface area (Å²) in [5.74, 6) is 2.63. The van der Waals surface area contributed by atoms with Crippen LogP contribution in [0.5, 0.6) is 0 Å². The molecule has 4 heteroatoms. The first kappa shape index (κ1) is 14.8. The van der Waals surface area contributed by atoms with Crippen LogP contribution in [0.25, 0.3) is 11.2 Å². The molecule has 3 nitrogen and oxygen atoms in total. The van der Waals surface area contributed by atoms with E-state index in [1.807, 2.05) is 6.20 Å². The first-order valence-corrected chi connectivity index (χ1v) is 8.65. The number of fused-ring (bicyclic) bond motifs is 1. The Kier molecular flexibility index (Phi) is 4.48. The molecule has 0 saturated heterocycles. The topological polar surface area (TPSA) is 30.7 Å². The minimum atomic E-state index is 0.547. The zero-order valence-corrected chi connectivity index (χ0v) is 13.7. The number of aryl methyl sites for hydroxylation is 2. The molecule has 0 unspecified atom stereocenters. The molecule has 2 aromatic rings. The number of hydrogen-bond donors (Lipinski definition) is 0. The van der Waals surface area contributed by atoms with Gasteiger partial charge in [-0.05, 0) is 50.2 Å². The molecule has 0 amide bonds. The van der Waals surface area contributed by atoms with E-state index >= 15 is 0 Å². The van der Waals surface area contributed by atoms with E-state index in [1.54, 1.807) is 0 Å². The van der Waals surface area contributed by atoms with Crippen molar-refractivity contribution in [3.63, 3.8) is 0 Å². The second-order valence-corrected chi connectivity index (χ2v) is 6.65. The lowest BCUT2D eigenvalue weighted by molar-refractivity contribution is 0.269. The predicted octanol–water partition coefficient (Wildman–Crippen LogP) is 4.66. The fourth-order valence-electron chi connectivity index (χ4n) is 3.59. The third-order valence-electron chi connectivity index (χ3n) is 4.82. The summed E-state index contributed by atoms with van der Waals surface area (Å²) in [6, 6.07) is 2.68. The maximum absolute atomic E-state index is 5.98. The van der Waals surface area contributed by atoms with Crippen LogP contribution in [0, 0.1) is 12.8 Å². The Labute approximate surface area is 131 Å². The molecule has 0 bridgehead atoms. The Morgan fingerprint density at radius 3 is 2.71 bits per heavy atom. The molecular weight excluding hydrogens is 282 g/mol. The van der Waals surface area contributed by atoms with Gasteiger partial charge in [-0.15, -0.1) is 11.6 Å². The van der Waals surface area contributed by atoms with Crippen molar-refractivity contribution >= 4 is 22.8 Å². The normalized spacial score (nSPS) is 22.8. The standard InChI is InChI=1S/C17H24ClN3/c1-3-13-4-6-14(7-5-13)21-16(8-9-18)20-15-10-12(2)11-19-17(15)21/h10-11,13-14H,3-9H2,1-2H3. The van der Waals surface area contributed by atoms with Gasteiger partial charge in [0, 0.05) is 24.5 Å². The van der Waals surface area contributed by atoms with Crippen LogP contribution in [0.1, 0.15) is 56.5 Å². The van der Waals surface area contributed by atoms with E-state index in [0.717, 1.165) is 29.3 Å². The van der Waals surface area contributed by atoms with E-state index in [1.165, 1.54) is 37.7 Å². The molecule has 0 radical (unpaired) electrons. The van der Waals surface area contributed by atoms with Crippen LogP contribution >= 0.6 is 11.6 Å². The van der Waals surface area contributed by atoms with Gasteiger partial charge >= 0.3 is 0 Å². The van der Waals surface area contributed by atoms with Gasteiger partial charge in [0.25, 0.3) is 0 Å². The molecule has 1 aliphatic rings. The van der Waals surface area contributed by atoms with Crippen molar-refractivity contribution in [3.05, 3.63) is 23.7 Å². The Morgan fingerprint density at radius 1 is 1.29 bits per heavy atom. The summed E-state index contributed by atoms with van der Waals surface area (Å²) in [5, 5.41) is 0. The Hall–Kier alpha value is -1.09. The number of imidazole rings is 1. The second-order valence-electron chi connectivity index (χ2n) is 6.28. The first-order valence-electron chi connectivity index (χ1n) is 8.12. The molecule has 1 aliphatic carbocycles. The Morgan fingerprint density at radius 2 is 2.05 bits per heavy atom. The molecule has 0 aliphatic heterocycles. The van der Waals surface area contributed by atoms with E-state index < -0.39 is 0 Å². The molecule has 2 aromatic heterocycles. The molecule has 1 fully saturated rings. The predicted molar refractivity (Wildman–Crippen MR) is 88.0 cm³/mol. The van der Waals surface area contributed by atoms with Gasteiger partial charge in [0.1, 0.15) is 11.3 Å². The van der Waals surface area contributed by atoms with Gasteiger partial charge in [-0.3, -0.25) is 0 Å². The van der Waals surface area contributed by atoms with E-state index in [-0.39, 0.29) is 0 Å². The number of alkyl halides is 1. The molecule has 114 valence electrons. The highest BCUT2D eigenvalue weighted by molar-refractivity contribution is 6.17. The average Bonchev–Trinajstić information content (AvgIpc) is 2.85. The minimum absolute atomic E-state index is 0.547. The summed E-state index contributed by atoms with van der Waals surface area (Å²) in [6.45, 7) is 4.38. The van der Waals surface area contributed by atoms with Crippen LogP contribution in [0.3, 0.4) is 0 Å². The average molecular weight is 306 g/mol. The third kappa shape index (κ3) is 2.94. The lowest BCUT2D eigenvalue weighted by atomic mass is 9.84. The van der Waals surface area contributed by atoms with Crippen LogP contribution in [-0.4, -0.2) is 20.4 Å². The fraction of sp³-hybridized carbons (Fsp3) is 0.647. The van der Waals surface area contributed by atoms with Gasteiger partial charge in [-0.25, -0.2) is 9.97 Å². The van der Waals surface area contributed by atoms with Gasteiger partial charge in [-0.2, -0.15) is 0 Å². The molecule has 3 rings (SSSR count). The smallest absolute Gasteiger partial charge is 0.160 e. The van der Waals surface area contributed by atoms with Crippen molar-refractivity contribution < 1.29 is 0 Å². The highest BCUT2D eigenvalue weighted by Crippen LogP contribution is 2.36. The molecule has 0 atom stereocenters. The first-order chi connectivity index (χ1) is 10.2. The number of hydrogen-bond acceptors (Lipinski definition) is 2. The minimum Gasteiger partial charge on any atom is -0.310 e. The number of rotatable bonds is 4. The highest BCUT2D eigenvalue weighted by Gasteiger charge is 2.25. The lowest BCUT2D eigenvalue weighted by Crippen LogP contribution is -2.20. The largest absolute Gasteiger partial charge is 0.310 e. The zero-order chi connectivity index (χ0) is 14.8. The van der Waals surface area contributed by atoms with Gasteiger partial charge in [0.2, 0.25) is 0 Å². The van der Waals surface area contributed by atoms with Crippen LogP contribution in [0.4, 0.5) is 0 Å². The van der Waals surface area contributed by atoms with Crippen molar-refractivity contribution in [2.24, 2.45) is 5.92 Å². The number of pyridine rings is 1. The van der Waals surface area contributed by atoms with Gasteiger partial charge < -0.3 is 4.57 Å². The van der Waals surface area contributed by atoms with Crippen LogP contribution < -0.4 is 0 Å². The van der Waals surface area contributed by atoms with Gasteiger partial charge in [-0.1, -0.05) is 13.3 Å². The van der Waals surface area contributed by atoms with Gasteiger partial charge in [0.05, 0.1) is 0 Å². The fourth-order valence-corrected chi connectivity index (χ4v) is 3.75. The lowest BCUT2D eigenvalue weighted by Gasteiger charge is -2.30. The number of nitrogens with zero attached hydrogens (tertiary/aromatic N) is 3. The Bertz CT molecular complexity index is 612. The summed E-state index contributed by atoms with van der Waals surface area (Å²) < 4.78 is 2.38. The van der Waals surface area contributed by atoms with E-state index in [0.29, 0.717) is 11.9 Å². The Balaban J connectivity index is 1.97. The summed E-state index contributed by atoms with van der Waals surface area (Å²) in [7, 11) is 0. The SMILES string of the molecule is CCC1CCC(n2c(CCCl)nc3cc(C)cnc32)CC1. The second kappa shape index (κ2) is 6.35. The molecule has 1 saturated carbocycles. The molecule has 0 aromatic carbocycles. The molecule has 0 N–H and O–H groups in total. The highest BCUT2D eigenvalue weighted by atomic mass is 35.5. The quantitative estimate of drug-likeness (QED) is 0.769. The molecular formula is C17H24ClN3. The maximum atomic E-state index is 5.98. The summed E-state index contributed by atoms with van der Waals surface area (Å²) in [5.41, 5.74) is 3.23. The molecule has 2 heterocycles. The molecule has 21 heavy (non-hydrogen) atoms. The summed E-state index contributed by atoms with van der Waals surface area (Å²) in [4.78, 5) is 9.45. The van der Waals surface area contributed by atoms with Crippen LogP contribution in [-0.2, 0) is 6.42 Å². The molecule has 0 spiro atoms. The number of aromatic nitrogens is 3. The van der Waals surface area contributed by atoms with Crippen molar-refractivity contribution in [1.29, 1.82) is 0 Å². The van der Waals surface area contributed by atoms with E-state index in [4.69, 9.17) is 16.6 Å². The summed E-state index contributed by atoms with van der Waals surface area (Å²) in [6.07, 6.45) is 9.22. The van der Waals surface area contributed by atoms with Crippen LogP contribution in [0.2, 0.25) is 0 Å².